The maximum atomic E-state index is 12.0. The van der Waals surface area contributed by atoms with Crippen molar-refractivity contribution in [1.82, 2.24) is 4.98 Å². The highest BCUT2D eigenvalue weighted by Crippen LogP contribution is 2.27. The zero-order valence-corrected chi connectivity index (χ0v) is 13.4. The number of aryl methyl sites for hydroxylation is 1. The number of fused-ring (bicyclic) bond motifs is 1. The summed E-state index contributed by atoms with van der Waals surface area (Å²) in [4.78, 5) is 16.5. The normalized spacial score (nSPS) is 10.9. The second-order valence-electron chi connectivity index (χ2n) is 4.89. The molecular formula is C16H16N2OS2. The van der Waals surface area contributed by atoms with Gasteiger partial charge in [-0.1, -0.05) is 30.7 Å². The van der Waals surface area contributed by atoms with Crippen LogP contribution in [0.4, 0.5) is 5.13 Å². The van der Waals surface area contributed by atoms with Crippen molar-refractivity contribution in [3.8, 4) is 0 Å². The molecule has 0 aliphatic rings. The van der Waals surface area contributed by atoms with Crippen molar-refractivity contribution in [2.75, 3.05) is 5.32 Å². The van der Waals surface area contributed by atoms with E-state index in [4.69, 9.17) is 0 Å². The van der Waals surface area contributed by atoms with Crippen LogP contribution in [-0.2, 0) is 6.42 Å². The third-order valence-electron chi connectivity index (χ3n) is 3.28. The molecule has 108 valence electrons. The summed E-state index contributed by atoms with van der Waals surface area (Å²) in [6, 6.07) is 8.17. The monoisotopic (exact) mass is 316 g/mol. The number of nitrogens with zero attached hydrogens (tertiary/aromatic N) is 1. The molecule has 3 rings (SSSR count). The van der Waals surface area contributed by atoms with Gasteiger partial charge in [0.1, 0.15) is 0 Å². The first-order valence-corrected chi connectivity index (χ1v) is 8.75. The molecule has 0 unspecified atom stereocenters. The fourth-order valence-corrected chi connectivity index (χ4v) is 3.68. The number of carbonyl (C=O) groups excluding carboxylic acids is 1. The first kappa shape index (κ1) is 14.2. The minimum atomic E-state index is -0.0958. The Morgan fingerprint density at radius 2 is 2.24 bits per heavy atom. The number of hydrogen-bond donors (Lipinski definition) is 1. The third kappa shape index (κ3) is 3.31. The molecule has 0 bridgehead atoms. The van der Waals surface area contributed by atoms with Crippen LogP contribution in [0.5, 0.6) is 0 Å². The van der Waals surface area contributed by atoms with E-state index in [0.717, 1.165) is 16.6 Å². The van der Waals surface area contributed by atoms with E-state index < -0.39 is 0 Å². The van der Waals surface area contributed by atoms with Crippen LogP contribution >= 0.6 is 22.7 Å². The SMILES string of the molecule is CCCCc1ccc2nc(NC(=O)c3ccsc3)sc2c1. The van der Waals surface area contributed by atoms with Gasteiger partial charge in [-0.15, -0.1) is 0 Å². The van der Waals surface area contributed by atoms with Crippen molar-refractivity contribution < 1.29 is 4.79 Å². The number of benzene rings is 1. The van der Waals surface area contributed by atoms with E-state index in [-0.39, 0.29) is 5.91 Å². The van der Waals surface area contributed by atoms with E-state index in [2.05, 4.69) is 29.4 Å². The van der Waals surface area contributed by atoms with Gasteiger partial charge in [-0.2, -0.15) is 11.3 Å². The summed E-state index contributed by atoms with van der Waals surface area (Å²) in [6.45, 7) is 2.20. The smallest absolute Gasteiger partial charge is 0.258 e. The lowest BCUT2D eigenvalue weighted by Gasteiger charge is -1.98. The number of unbranched alkanes of at least 4 members (excludes halogenated alkanes) is 1. The molecule has 5 heteroatoms. The van der Waals surface area contributed by atoms with Crippen molar-refractivity contribution in [3.63, 3.8) is 0 Å². The first-order valence-electron chi connectivity index (χ1n) is 6.99. The third-order valence-corrected chi connectivity index (χ3v) is 4.89. The topological polar surface area (TPSA) is 42.0 Å². The predicted octanol–water partition coefficient (Wildman–Crippen LogP) is 4.95. The number of carbonyl (C=O) groups is 1. The highest BCUT2D eigenvalue weighted by atomic mass is 32.1. The molecule has 0 aliphatic heterocycles. The van der Waals surface area contributed by atoms with Gasteiger partial charge in [0.25, 0.3) is 5.91 Å². The molecule has 0 saturated carbocycles. The zero-order valence-electron chi connectivity index (χ0n) is 11.8. The molecule has 3 aromatic rings. The van der Waals surface area contributed by atoms with Crippen LogP contribution in [0.15, 0.2) is 35.0 Å². The largest absolute Gasteiger partial charge is 0.298 e. The predicted molar refractivity (Wildman–Crippen MR) is 90.5 cm³/mol. The molecule has 0 radical (unpaired) electrons. The lowest BCUT2D eigenvalue weighted by atomic mass is 10.1. The molecule has 0 spiro atoms. The Labute approximate surface area is 131 Å². The lowest BCUT2D eigenvalue weighted by molar-refractivity contribution is 0.102. The van der Waals surface area contributed by atoms with E-state index in [9.17, 15) is 4.79 Å². The summed E-state index contributed by atoms with van der Waals surface area (Å²) in [6.07, 6.45) is 3.50. The fraction of sp³-hybridized carbons (Fsp3) is 0.250. The van der Waals surface area contributed by atoms with Gasteiger partial charge in [0, 0.05) is 5.38 Å². The highest BCUT2D eigenvalue weighted by molar-refractivity contribution is 7.22. The quantitative estimate of drug-likeness (QED) is 0.723. The van der Waals surface area contributed by atoms with Gasteiger partial charge < -0.3 is 0 Å². The van der Waals surface area contributed by atoms with Crippen LogP contribution in [0.1, 0.15) is 35.7 Å². The highest BCUT2D eigenvalue weighted by Gasteiger charge is 2.10. The average molecular weight is 316 g/mol. The van der Waals surface area contributed by atoms with E-state index in [1.165, 1.54) is 41.1 Å². The maximum Gasteiger partial charge on any atom is 0.258 e. The van der Waals surface area contributed by atoms with Gasteiger partial charge in [0.05, 0.1) is 15.8 Å². The standard InChI is InChI=1S/C16H16N2OS2/c1-2-3-4-11-5-6-13-14(9-11)21-16(17-13)18-15(19)12-7-8-20-10-12/h5-10H,2-4H2,1H3,(H,17,18,19). The van der Waals surface area contributed by atoms with Crippen molar-refractivity contribution in [3.05, 3.63) is 46.2 Å². The minimum Gasteiger partial charge on any atom is -0.298 e. The summed E-state index contributed by atoms with van der Waals surface area (Å²) in [5, 5.41) is 7.27. The molecule has 1 aromatic carbocycles. The van der Waals surface area contributed by atoms with Gasteiger partial charge >= 0.3 is 0 Å². The summed E-state index contributed by atoms with van der Waals surface area (Å²) >= 11 is 3.05. The van der Waals surface area contributed by atoms with Gasteiger partial charge in [-0.25, -0.2) is 4.98 Å². The van der Waals surface area contributed by atoms with Crippen molar-refractivity contribution in [2.24, 2.45) is 0 Å². The number of hydrogen-bond acceptors (Lipinski definition) is 4. The van der Waals surface area contributed by atoms with Crippen LogP contribution in [-0.4, -0.2) is 10.9 Å². The van der Waals surface area contributed by atoms with Gasteiger partial charge in [0.15, 0.2) is 5.13 Å². The molecule has 2 heterocycles. The van der Waals surface area contributed by atoms with Crippen molar-refractivity contribution in [1.29, 1.82) is 0 Å². The fourth-order valence-electron chi connectivity index (χ4n) is 2.12. The Kier molecular flexibility index (Phi) is 4.31. The lowest BCUT2D eigenvalue weighted by Crippen LogP contribution is -2.10. The maximum absolute atomic E-state index is 12.0. The van der Waals surface area contributed by atoms with Crippen molar-refractivity contribution in [2.45, 2.75) is 26.2 Å². The summed E-state index contributed by atoms with van der Waals surface area (Å²) in [5.74, 6) is -0.0958. The molecule has 0 saturated heterocycles. The van der Waals surface area contributed by atoms with Crippen LogP contribution < -0.4 is 5.32 Å². The first-order chi connectivity index (χ1) is 10.3. The number of aromatic nitrogens is 1. The Bertz CT molecular complexity index is 747. The molecule has 0 atom stereocenters. The molecule has 0 aliphatic carbocycles. The molecule has 3 nitrogen and oxygen atoms in total. The van der Waals surface area contributed by atoms with E-state index in [1.54, 1.807) is 0 Å². The minimum absolute atomic E-state index is 0.0958. The molecule has 1 amide bonds. The van der Waals surface area contributed by atoms with Crippen LogP contribution in [0.2, 0.25) is 0 Å². The van der Waals surface area contributed by atoms with E-state index in [1.807, 2.05) is 22.9 Å². The second-order valence-corrected chi connectivity index (χ2v) is 6.70. The van der Waals surface area contributed by atoms with Gasteiger partial charge in [-0.3, -0.25) is 10.1 Å². The van der Waals surface area contributed by atoms with Gasteiger partial charge in [0.2, 0.25) is 0 Å². The molecule has 0 fully saturated rings. The summed E-state index contributed by atoms with van der Waals surface area (Å²) in [5.41, 5.74) is 2.97. The number of amides is 1. The second kappa shape index (κ2) is 6.37. The number of thiophene rings is 1. The van der Waals surface area contributed by atoms with Crippen LogP contribution in [0, 0.1) is 0 Å². The van der Waals surface area contributed by atoms with Gasteiger partial charge in [-0.05, 0) is 42.0 Å². The Morgan fingerprint density at radius 3 is 3.00 bits per heavy atom. The average Bonchev–Trinajstić information content (AvgIpc) is 3.13. The van der Waals surface area contributed by atoms with Crippen LogP contribution in [0.25, 0.3) is 10.2 Å². The number of nitrogens with one attached hydrogen (secondary N) is 1. The molecular weight excluding hydrogens is 300 g/mol. The van der Waals surface area contributed by atoms with Crippen LogP contribution in [0.3, 0.4) is 0 Å². The van der Waals surface area contributed by atoms with E-state index >= 15 is 0 Å². The molecule has 1 N–H and O–H groups in total. The number of rotatable bonds is 5. The van der Waals surface area contributed by atoms with Crippen molar-refractivity contribution >= 4 is 43.9 Å². The summed E-state index contributed by atoms with van der Waals surface area (Å²) in [7, 11) is 0. The Hall–Kier alpha value is -1.72. The van der Waals surface area contributed by atoms with E-state index in [0.29, 0.717) is 10.7 Å². The number of anilines is 1. The number of thiazole rings is 1. The molecule has 21 heavy (non-hydrogen) atoms. The summed E-state index contributed by atoms with van der Waals surface area (Å²) < 4.78 is 1.13. The Balaban J connectivity index is 1.79. The molecule has 2 aromatic heterocycles. The Morgan fingerprint density at radius 1 is 1.33 bits per heavy atom. The zero-order chi connectivity index (χ0) is 14.7.